The largest absolute Gasteiger partial charge is 0.325 e. The van der Waals surface area contributed by atoms with Crippen LogP contribution in [0.3, 0.4) is 0 Å². The van der Waals surface area contributed by atoms with Crippen LogP contribution < -0.4 is 5.73 Å². The summed E-state index contributed by atoms with van der Waals surface area (Å²) >= 11 is 0. The van der Waals surface area contributed by atoms with Crippen LogP contribution in [0.2, 0.25) is 0 Å². The molecule has 17 heavy (non-hydrogen) atoms. The summed E-state index contributed by atoms with van der Waals surface area (Å²) in [5, 5.41) is 0. The summed E-state index contributed by atoms with van der Waals surface area (Å²) in [5.41, 5.74) is 7.44. The molecule has 0 aliphatic heterocycles. The molecule has 100 valence electrons. The van der Waals surface area contributed by atoms with E-state index < -0.39 is 0 Å². The minimum atomic E-state index is 0.149. The molecule has 0 heterocycles. The van der Waals surface area contributed by atoms with E-state index in [1.165, 1.54) is 44.9 Å². The van der Waals surface area contributed by atoms with Crippen LogP contribution >= 0.6 is 0 Å². The Hall–Kier alpha value is -0.0400. The molecule has 4 unspecified atom stereocenters. The number of hydrogen-bond acceptors (Lipinski definition) is 1. The Morgan fingerprint density at radius 3 is 2.29 bits per heavy atom. The molecule has 0 aromatic heterocycles. The number of nitrogens with two attached hydrogens (primary N) is 1. The lowest BCUT2D eigenvalue weighted by atomic mass is 9.59. The van der Waals surface area contributed by atoms with Gasteiger partial charge in [0.15, 0.2) is 0 Å². The molecule has 0 aromatic carbocycles. The van der Waals surface area contributed by atoms with Crippen molar-refractivity contribution in [1.29, 1.82) is 0 Å². The molecule has 0 radical (unpaired) electrons. The van der Waals surface area contributed by atoms with Gasteiger partial charge in [0.05, 0.1) is 0 Å². The van der Waals surface area contributed by atoms with Crippen molar-refractivity contribution < 1.29 is 0 Å². The highest BCUT2D eigenvalue weighted by atomic mass is 14.8. The Morgan fingerprint density at radius 1 is 1.00 bits per heavy atom. The lowest BCUT2D eigenvalue weighted by molar-refractivity contribution is 0.0570. The molecule has 2 fully saturated rings. The highest BCUT2D eigenvalue weighted by Crippen LogP contribution is 2.48. The second-order valence-corrected chi connectivity index (χ2v) is 7.89. The molecule has 2 N–H and O–H groups in total. The zero-order valence-electron chi connectivity index (χ0n) is 12.3. The van der Waals surface area contributed by atoms with Gasteiger partial charge in [0.25, 0.3) is 0 Å². The predicted octanol–water partition coefficient (Wildman–Crippen LogP) is 4.36. The fourth-order valence-electron chi connectivity index (χ4n) is 4.38. The van der Waals surface area contributed by atoms with Gasteiger partial charge in [-0.1, -0.05) is 40.5 Å². The summed E-state index contributed by atoms with van der Waals surface area (Å²) in [5.74, 6) is 2.57. The van der Waals surface area contributed by atoms with Gasteiger partial charge in [0.2, 0.25) is 0 Å². The molecule has 1 nitrogen and oxygen atoms in total. The molecule has 2 rings (SSSR count). The lowest BCUT2D eigenvalue weighted by Gasteiger charge is -2.50. The summed E-state index contributed by atoms with van der Waals surface area (Å²) in [6.45, 7) is 9.65. The molecule has 0 bridgehead atoms. The van der Waals surface area contributed by atoms with Gasteiger partial charge in [-0.15, -0.1) is 0 Å². The summed E-state index contributed by atoms with van der Waals surface area (Å²) < 4.78 is 0. The van der Waals surface area contributed by atoms with Crippen molar-refractivity contribution in [3.8, 4) is 0 Å². The summed E-state index contributed by atoms with van der Waals surface area (Å²) in [7, 11) is 0. The fraction of sp³-hybridized carbons (Fsp3) is 1.00. The minimum Gasteiger partial charge on any atom is -0.325 e. The van der Waals surface area contributed by atoms with E-state index in [0.29, 0.717) is 5.41 Å². The monoisotopic (exact) mass is 237 g/mol. The first kappa shape index (κ1) is 13.4. The molecule has 2 saturated carbocycles. The van der Waals surface area contributed by atoms with E-state index in [0.717, 1.165) is 17.8 Å². The average Bonchev–Trinajstić information content (AvgIpc) is 2.20. The third-order valence-electron chi connectivity index (χ3n) is 5.71. The van der Waals surface area contributed by atoms with Gasteiger partial charge >= 0.3 is 0 Å². The Bertz CT molecular complexity index is 271. The van der Waals surface area contributed by atoms with Crippen LogP contribution in [-0.2, 0) is 0 Å². The van der Waals surface area contributed by atoms with Crippen LogP contribution in [-0.4, -0.2) is 5.54 Å². The third-order valence-corrected chi connectivity index (χ3v) is 5.71. The van der Waals surface area contributed by atoms with Crippen LogP contribution in [0, 0.1) is 23.2 Å². The van der Waals surface area contributed by atoms with Gasteiger partial charge in [0, 0.05) is 5.54 Å². The maximum absolute atomic E-state index is 6.82. The van der Waals surface area contributed by atoms with Crippen LogP contribution in [0.5, 0.6) is 0 Å². The summed E-state index contributed by atoms with van der Waals surface area (Å²) in [6, 6.07) is 0. The first-order valence-electron chi connectivity index (χ1n) is 7.61. The molecule has 0 amide bonds. The van der Waals surface area contributed by atoms with E-state index in [2.05, 4.69) is 27.7 Å². The van der Waals surface area contributed by atoms with Gasteiger partial charge in [-0.2, -0.15) is 0 Å². The first-order chi connectivity index (χ1) is 7.82. The Balaban J connectivity index is 2.05. The number of hydrogen-bond donors (Lipinski definition) is 1. The molecular formula is C16H31N. The van der Waals surface area contributed by atoms with E-state index in [-0.39, 0.29) is 5.54 Å². The highest BCUT2D eigenvalue weighted by Gasteiger charge is 2.44. The Morgan fingerprint density at radius 2 is 1.71 bits per heavy atom. The van der Waals surface area contributed by atoms with E-state index in [1.54, 1.807) is 0 Å². The van der Waals surface area contributed by atoms with Gasteiger partial charge in [-0.05, 0) is 55.3 Å². The molecule has 2 aliphatic carbocycles. The highest BCUT2D eigenvalue weighted by molar-refractivity contribution is 5.00. The van der Waals surface area contributed by atoms with Gasteiger partial charge < -0.3 is 5.73 Å². The second-order valence-electron chi connectivity index (χ2n) is 7.89. The smallest absolute Gasteiger partial charge is 0.0188 e. The summed E-state index contributed by atoms with van der Waals surface area (Å²) in [4.78, 5) is 0. The van der Waals surface area contributed by atoms with Crippen molar-refractivity contribution >= 4 is 0 Å². The quantitative estimate of drug-likeness (QED) is 0.720. The maximum Gasteiger partial charge on any atom is 0.0188 e. The molecular weight excluding hydrogens is 206 g/mol. The molecule has 0 spiro atoms. The maximum atomic E-state index is 6.82. The van der Waals surface area contributed by atoms with Crippen LogP contribution in [0.15, 0.2) is 0 Å². The molecule has 0 aromatic rings. The van der Waals surface area contributed by atoms with E-state index >= 15 is 0 Å². The van der Waals surface area contributed by atoms with Gasteiger partial charge in [0.1, 0.15) is 0 Å². The van der Waals surface area contributed by atoms with E-state index in [1.807, 2.05) is 0 Å². The zero-order chi connectivity index (χ0) is 12.7. The third kappa shape index (κ3) is 2.86. The van der Waals surface area contributed by atoms with E-state index in [9.17, 15) is 0 Å². The molecule has 1 heteroatoms. The average molecular weight is 237 g/mol. The van der Waals surface area contributed by atoms with Crippen LogP contribution in [0.1, 0.15) is 72.6 Å². The van der Waals surface area contributed by atoms with Crippen molar-refractivity contribution in [2.45, 2.75) is 78.2 Å². The molecule has 4 atom stereocenters. The fourth-order valence-corrected chi connectivity index (χ4v) is 4.38. The SMILES string of the molecule is CC1CCC(C2(N)CCCC(C)(C)C2)CC1C. The number of rotatable bonds is 1. The Labute approximate surface area is 108 Å². The van der Waals surface area contributed by atoms with E-state index in [4.69, 9.17) is 5.73 Å². The van der Waals surface area contributed by atoms with Crippen molar-refractivity contribution in [3.63, 3.8) is 0 Å². The lowest BCUT2D eigenvalue weighted by Crippen LogP contribution is -2.54. The van der Waals surface area contributed by atoms with Crippen molar-refractivity contribution in [3.05, 3.63) is 0 Å². The van der Waals surface area contributed by atoms with Crippen LogP contribution in [0.4, 0.5) is 0 Å². The summed E-state index contributed by atoms with van der Waals surface area (Å²) in [6.07, 6.45) is 9.35. The minimum absolute atomic E-state index is 0.149. The standard InChI is InChI=1S/C16H31N/c1-12-6-7-14(10-13(12)2)16(17)9-5-8-15(3,4)11-16/h12-14H,5-11,17H2,1-4H3. The van der Waals surface area contributed by atoms with Crippen LogP contribution in [0.25, 0.3) is 0 Å². The van der Waals surface area contributed by atoms with Gasteiger partial charge in [-0.3, -0.25) is 0 Å². The Kier molecular flexibility index (Phi) is 3.60. The normalized spacial score (nSPS) is 46.8. The van der Waals surface area contributed by atoms with Crippen molar-refractivity contribution in [2.24, 2.45) is 28.9 Å². The molecule has 0 saturated heterocycles. The predicted molar refractivity (Wildman–Crippen MR) is 74.8 cm³/mol. The topological polar surface area (TPSA) is 26.0 Å². The molecule has 2 aliphatic rings. The van der Waals surface area contributed by atoms with Crippen molar-refractivity contribution in [2.75, 3.05) is 0 Å². The van der Waals surface area contributed by atoms with Crippen molar-refractivity contribution in [1.82, 2.24) is 0 Å². The van der Waals surface area contributed by atoms with Gasteiger partial charge in [-0.25, -0.2) is 0 Å². The first-order valence-corrected chi connectivity index (χ1v) is 7.61. The second kappa shape index (κ2) is 4.57. The zero-order valence-corrected chi connectivity index (χ0v) is 12.3.